The van der Waals surface area contributed by atoms with Crippen LogP contribution < -0.4 is 10.1 Å². The van der Waals surface area contributed by atoms with Gasteiger partial charge in [-0.2, -0.15) is 0 Å². The van der Waals surface area contributed by atoms with Gasteiger partial charge < -0.3 is 10.1 Å². The molecule has 1 amide bonds. The molecular formula is C17H21NO3. The maximum atomic E-state index is 12.4. The standard InChI is InChI=1S/C17H21NO3/c1-21-15-7-5-14(6-8-15)18-17(20)13-9-11-3-2-4-12(10-13)16(11)19/h5-8,11-13H,2-4,9-10H2,1H3,(H,18,20)/t11-,12-/m0/s1. The molecule has 0 aromatic heterocycles. The molecule has 0 heterocycles. The van der Waals surface area contributed by atoms with E-state index in [1.807, 2.05) is 24.3 Å². The smallest absolute Gasteiger partial charge is 0.227 e. The lowest BCUT2D eigenvalue weighted by atomic mass is 9.67. The van der Waals surface area contributed by atoms with E-state index >= 15 is 0 Å². The topological polar surface area (TPSA) is 55.4 Å². The number of benzene rings is 1. The molecule has 2 atom stereocenters. The van der Waals surface area contributed by atoms with Gasteiger partial charge in [-0.3, -0.25) is 9.59 Å². The summed E-state index contributed by atoms with van der Waals surface area (Å²) in [6.45, 7) is 0. The minimum atomic E-state index is -0.0277. The number of carbonyl (C=O) groups is 2. The number of hydrogen-bond acceptors (Lipinski definition) is 3. The van der Waals surface area contributed by atoms with Crippen molar-refractivity contribution >= 4 is 17.4 Å². The fourth-order valence-electron chi connectivity index (χ4n) is 3.61. The minimum absolute atomic E-state index is 0.0277. The Kier molecular flexibility index (Phi) is 3.95. The van der Waals surface area contributed by atoms with Crippen LogP contribution in [0.25, 0.3) is 0 Å². The van der Waals surface area contributed by atoms with Gasteiger partial charge in [-0.1, -0.05) is 6.42 Å². The molecular weight excluding hydrogens is 266 g/mol. The SMILES string of the molecule is COc1ccc(NC(=O)C2C[C@@H]3CCC[C@@H](C2)C3=O)cc1. The van der Waals surface area contributed by atoms with E-state index in [0.717, 1.165) is 43.5 Å². The fraction of sp³-hybridized carbons (Fsp3) is 0.529. The minimum Gasteiger partial charge on any atom is -0.497 e. The molecule has 1 aromatic carbocycles. The Balaban J connectivity index is 1.64. The van der Waals surface area contributed by atoms with Crippen molar-refractivity contribution in [3.05, 3.63) is 24.3 Å². The molecule has 21 heavy (non-hydrogen) atoms. The predicted octanol–water partition coefficient (Wildman–Crippen LogP) is 3.03. The van der Waals surface area contributed by atoms with Gasteiger partial charge in [-0.25, -0.2) is 0 Å². The Bertz CT molecular complexity index is 521. The Morgan fingerprint density at radius 3 is 2.33 bits per heavy atom. The molecule has 4 nitrogen and oxygen atoms in total. The number of rotatable bonds is 3. The highest BCUT2D eigenvalue weighted by Gasteiger charge is 2.41. The number of nitrogens with one attached hydrogen (secondary N) is 1. The zero-order chi connectivity index (χ0) is 14.8. The summed E-state index contributed by atoms with van der Waals surface area (Å²) in [5.74, 6) is 1.42. The van der Waals surface area contributed by atoms with E-state index in [9.17, 15) is 9.59 Å². The molecule has 0 spiro atoms. The Morgan fingerprint density at radius 1 is 1.14 bits per heavy atom. The molecule has 4 heteroatoms. The number of Topliss-reactive ketones (excluding diaryl/α,β-unsaturated/α-hetero) is 1. The molecule has 2 bridgehead atoms. The summed E-state index contributed by atoms with van der Waals surface area (Å²) in [6, 6.07) is 7.33. The van der Waals surface area contributed by atoms with Crippen molar-refractivity contribution < 1.29 is 14.3 Å². The van der Waals surface area contributed by atoms with Crippen LogP contribution in [-0.4, -0.2) is 18.8 Å². The van der Waals surface area contributed by atoms with Crippen molar-refractivity contribution in [3.8, 4) is 5.75 Å². The van der Waals surface area contributed by atoms with Crippen molar-refractivity contribution in [2.75, 3.05) is 12.4 Å². The number of ketones is 1. The van der Waals surface area contributed by atoms with Crippen LogP contribution >= 0.6 is 0 Å². The number of hydrogen-bond donors (Lipinski definition) is 1. The number of anilines is 1. The average molecular weight is 287 g/mol. The summed E-state index contributed by atoms with van der Waals surface area (Å²) in [6.07, 6.45) is 4.49. The Hall–Kier alpha value is -1.84. The molecule has 2 saturated carbocycles. The summed E-state index contributed by atoms with van der Waals surface area (Å²) in [5.41, 5.74) is 0.780. The second kappa shape index (κ2) is 5.88. The fourth-order valence-corrected chi connectivity index (χ4v) is 3.61. The highest BCUT2D eigenvalue weighted by molar-refractivity contribution is 5.95. The van der Waals surface area contributed by atoms with Crippen LogP contribution in [0.15, 0.2) is 24.3 Å². The van der Waals surface area contributed by atoms with Gasteiger partial charge in [-0.05, 0) is 49.9 Å². The summed E-state index contributed by atoms with van der Waals surface area (Å²) in [5, 5.41) is 2.96. The largest absolute Gasteiger partial charge is 0.497 e. The Labute approximate surface area is 124 Å². The highest BCUT2D eigenvalue weighted by atomic mass is 16.5. The van der Waals surface area contributed by atoms with Crippen molar-refractivity contribution in [1.29, 1.82) is 0 Å². The lowest BCUT2D eigenvalue weighted by Gasteiger charge is -2.36. The average Bonchev–Trinajstić information content (AvgIpc) is 2.47. The van der Waals surface area contributed by atoms with Crippen molar-refractivity contribution in [2.24, 2.45) is 17.8 Å². The maximum Gasteiger partial charge on any atom is 0.227 e. The normalized spacial score (nSPS) is 28.0. The number of methoxy groups -OCH3 is 1. The highest BCUT2D eigenvalue weighted by Crippen LogP contribution is 2.40. The van der Waals surface area contributed by atoms with E-state index in [1.165, 1.54) is 0 Å². The van der Waals surface area contributed by atoms with Crippen LogP contribution in [0.3, 0.4) is 0 Å². The van der Waals surface area contributed by atoms with E-state index in [-0.39, 0.29) is 23.7 Å². The molecule has 2 fully saturated rings. The first-order chi connectivity index (χ1) is 10.2. The molecule has 0 saturated heterocycles. The summed E-state index contributed by atoms with van der Waals surface area (Å²) in [7, 11) is 1.62. The van der Waals surface area contributed by atoms with Gasteiger partial charge in [0.15, 0.2) is 0 Å². The van der Waals surface area contributed by atoms with Crippen LogP contribution in [0.1, 0.15) is 32.1 Å². The van der Waals surface area contributed by atoms with E-state index in [1.54, 1.807) is 7.11 Å². The molecule has 0 unspecified atom stereocenters. The van der Waals surface area contributed by atoms with Crippen molar-refractivity contribution in [1.82, 2.24) is 0 Å². The predicted molar refractivity (Wildman–Crippen MR) is 80.2 cm³/mol. The molecule has 2 aliphatic rings. The lowest BCUT2D eigenvalue weighted by Crippen LogP contribution is -2.40. The number of fused-ring (bicyclic) bond motifs is 2. The first-order valence-electron chi connectivity index (χ1n) is 7.66. The van der Waals surface area contributed by atoms with Gasteiger partial charge in [0.1, 0.15) is 11.5 Å². The number of ether oxygens (including phenoxy) is 1. The van der Waals surface area contributed by atoms with Gasteiger partial charge >= 0.3 is 0 Å². The van der Waals surface area contributed by atoms with E-state index in [4.69, 9.17) is 4.74 Å². The molecule has 3 rings (SSSR count). The quantitative estimate of drug-likeness (QED) is 0.929. The monoisotopic (exact) mass is 287 g/mol. The first kappa shape index (κ1) is 14.1. The van der Waals surface area contributed by atoms with Gasteiger partial charge in [0.05, 0.1) is 7.11 Å². The zero-order valence-electron chi connectivity index (χ0n) is 12.3. The molecule has 2 aliphatic carbocycles. The molecule has 0 radical (unpaired) electrons. The molecule has 1 aromatic rings. The molecule has 1 N–H and O–H groups in total. The first-order valence-corrected chi connectivity index (χ1v) is 7.66. The van der Waals surface area contributed by atoms with E-state index in [0.29, 0.717) is 5.78 Å². The van der Waals surface area contributed by atoms with Crippen molar-refractivity contribution in [3.63, 3.8) is 0 Å². The van der Waals surface area contributed by atoms with Crippen LogP contribution in [0.2, 0.25) is 0 Å². The number of amides is 1. The van der Waals surface area contributed by atoms with Gasteiger partial charge in [0.2, 0.25) is 5.91 Å². The summed E-state index contributed by atoms with van der Waals surface area (Å²) < 4.78 is 5.10. The van der Waals surface area contributed by atoms with Gasteiger partial charge in [-0.15, -0.1) is 0 Å². The van der Waals surface area contributed by atoms with Crippen LogP contribution in [0.5, 0.6) is 5.75 Å². The third-order valence-corrected chi connectivity index (χ3v) is 4.78. The second-order valence-corrected chi connectivity index (χ2v) is 6.11. The summed E-state index contributed by atoms with van der Waals surface area (Å²) >= 11 is 0. The maximum absolute atomic E-state index is 12.4. The zero-order valence-corrected chi connectivity index (χ0v) is 12.3. The van der Waals surface area contributed by atoms with E-state index in [2.05, 4.69) is 5.32 Å². The third kappa shape index (κ3) is 2.94. The van der Waals surface area contributed by atoms with Crippen molar-refractivity contribution in [2.45, 2.75) is 32.1 Å². The van der Waals surface area contributed by atoms with Gasteiger partial charge in [0, 0.05) is 23.4 Å². The van der Waals surface area contributed by atoms with E-state index < -0.39 is 0 Å². The molecule has 0 aliphatic heterocycles. The lowest BCUT2D eigenvalue weighted by molar-refractivity contribution is -0.136. The van der Waals surface area contributed by atoms with Crippen LogP contribution in [-0.2, 0) is 9.59 Å². The molecule has 112 valence electrons. The van der Waals surface area contributed by atoms with Crippen LogP contribution in [0, 0.1) is 17.8 Å². The summed E-state index contributed by atoms with van der Waals surface area (Å²) in [4.78, 5) is 24.5. The van der Waals surface area contributed by atoms with Crippen LogP contribution in [0.4, 0.5) is 5.69 Å². The Morgan fingerprint density at radius 2 is 1.76 bits per heavy atom. The third-order valence-electron chi connectivity index (χ3n) is 4.78. The number of carbonyl (C=O) groups excluding carboxylic acids is 2. The second-order valence-electron chi connectivity index (χ2n) is 6.11. The van der Waals surface area contributed by atoms with Gasteiger partial charge in [0.25, 0.3) is 0 Å².